The van der Waals surface area contributed by atoms with Gasteiger partial charge in [0.25, 0.3) is 0 Å². The van der Waals surface area contributed by atoms with Crippen molar-refractivity contribution in [2.24, 2.45) is 5.92 Å². The fraction of sp³-hybridized carbons (Fsp3) is 0.444. The maximum absolute atomic E-state index is 13.3. The average molecular weight is 481 g/mol. The van der Waals surface area contributed by atoms with Gasteiger partial charge in [0, 0.05) is 12.5 Å². The Labute approximate surface area is 205 Å². The average Bonchev–Trinajstić information content (AvgIpc) is 3.19. The van der Waals surface area contributed by atoms with Crippen LogP contribution in [-0.4, -0.2) is 65.9 Å². The van der Waals surface area contributed by atoms with Gasteiger partial charge in [-0.1, -0.05) is 68.8 Å². The number of hydrogen-bond donors (Lipinski definition) is 2. The summed E-state index contributed by atoms with van der Waals surface area (Å²) in [4.78, 5) is 39.3. The third kappa shape index (κ3) is 4.89. The number of carbonyl (C=O) groups is 3. The largest absolute Gasteiger partial charge is 0.479 e. The van der Waals surface area contributed by atoms with E-state index in [1.807, 2.05) is 50.2 Å². The van der Waals surface area contributed by atoms with E-state index in [4.69, 9.17) is 9.47 Å². The molecule has 1 fully saturated rings. The zero-order chi connectivity index (χ0) is 25.2. The molecule has 35 heavy (non-hydrogen) atoms. The quantitative estimate of drug-likeness (QED) is 0.627. The number of alkyl carbamates (subject to hydrolysis) is 1. The first-order valence-corrected chi connectivity index (χ1v) is 12.0. The smallest absolute Gasteiger partial charge is 0.407 e. The number of fused-ring (bicyclic) bond motifs is 3. The molecule has 8 nitrogen and oxygen atoms in total. The van der Waals surface area contributed by atoms with Crippen molar-refractivity contribution in [2.45, 2.75) is 44.8 Å². The van der Waals surface area contributed by atoms with E-state index in [1.54, 1.807) is 0 Å². The lowest BCUT2D eigenvalue weighted by molar-refractivity contribution is -0.177. The number of morpholine rings is 1. The maximum atomic E-state index is 13.3. The minimum absolute atomic E-state index is 0.0820. The van der Waals surface area contributed by atoms with Gasteiger partial charge in [-0.3, -0.25) is 4.79 Å². The second-order valence-corrected chi connectivity index (χ2v) is 9.48. The molecule has 0 saturated carbocycles. The molecule has 2 amide bonds. The fourth-order valence-corrected chi connectivity index (χ4v) is 4.83. The van der Waals surface area contributed by atoms with Crippen LogP contribution < -0.4 is 5.32 Å². The summed E-state index contributed by atoms with van der Waals surface area (Å²) < 4.78 is 11.0. The molecule has 8 heteroatoms. The Bertz CT molecular complexity index is 1070. The van der Waals surface area contributed by atoms with E-state index in [2.05, 4.69) is 17.4 Å². The van der Waals surface area contributed by atoms with Gasteiger partial charge in [-0.15, -0.1) is 0 Å². The molecule has 2 unspecified atom stereocenters. The number of hydrogen-bond acceptors (Lipinski definition) is 5. The first-order valence-electron chi connectivity index (χ1n) is 12.0. The van der Waals surface area contributed by atoms with Gasteiger partial charge in [0.1, 0.15) is 12.6 Å². The molecule has 1 aliphatic carbocycles. The summed E-state index contributed by atoms with van der Waals surface area (Å²) in [5.41, 5.74) is 3.02. The lowest BCUT2D eigenvalue weighted by Crippen LogP contribution is -2.60. The first kappa shape index (κ1) is 24.7. The Morgan fingerprint density at radius 2 is 1.74 bits per heavy atom. The second kappa shape index (κ2) is 10.1. The molecule has 1 heterocycles. The molecule has 2 aromatic rings. The molecular weight excluding hydrogens is 448 g/mol. The van der Waals surface area contributed by atoms with E-state index < -0.39 is 23.7 Å². The van der Waals surface area contributed by atoms with Gasteiger partial charge >= 0.3 is 12.1 Å². The van der Waals surface area contributed by atoms with Gasteiger partial charge in [-0.2, -0.15) is 0 Å². The van der Waals surface area contributed by atoms with Crippen LogP contribution in [0.1, 0.15) is 44.2 Å². The van der Waals surface area contributed by atoms with Crippen molar-refractivity contribution in [2.75, 3.05) is 26.3 Å². The number of ether oxygens (including phenoxy) is 2. The molecule has 2 aromatic carbocycles. The third-order valence-corrected chi connectivity index (χ3v) is 7.13. The topological polar surface area (TPSA) is 105 Å². The number of carboxylic acid groups (broad SMARTS) is 1. The highest BCUT2D eigenvalue weighted by molar-refractivity contribution is 5.87. The Balaban J connectivity index is 1.44. The van der Waals surface area contributed by atoms with Crippen LogP contribution in [0.3, 0.4) is 0 Å². The highest BCUT2D eigenvalue weighted by atomic mass is 16.5. The van der Waals surface area contributed by atoms with Crippen LogP contribution in [0.25, 0.3) is 11.1 Å². The van der Waals surface area contributed by atoms with Crippen molar-refractivity contribution in [1.82, 2.24) is 10.2 Å². The van der Waals surface area contributed by atoms with Crippen molar-refractivity contribution >= 4 is 18.0 Å². The molecule has 1 aliphatic heterocycles. The van der Waals surface area contributed by atoms with Crippen LogP contribution in [0.15, 0.2) is 48.5 Å². The zero-order valence-electron chi connectivity index (χ0n) is 20.3. The van der Waals surface area contributed by atoms with Crippen LogP contribution in [-0.2, 0) is 19.1 Å². The van der Waals surface area contributed by atoms with Crippen molar-refractivity contribution < 1.29 is 29.0 Å². The van der Waals surface area contributed by atoms with E-state index in [0.717, 1.165) is 22.3 Å². The van der Waals surface area contributed by atoms with Gasteiger partial charge in [0.05, 0.1) is 13.2 Å². The number of benzene rings is 2. The monoisotopic (exact) mass is 480 g/mol. The van der Waals surface area contributed by atoms with Crippen LogP contribution in [0, 0.1) is 5.92 Å². The fourth-order valence-electron chi connectivity index (χ4n) is 4.83. The van der Waals surface area contributed by atoms with E-state index >= 15 is 0 Å². The number of amides is 2. The Morgan fingerprint density at radius 1 is 1.14 bits per heavy atom. The van der Waals surface area contributed by atoms with Crippen LogP contribution in [0.4, 0.5) is 4.79 Å². The molecule has 2 N–H and O–H groups in total. The summed E-state index contributed by atoms with van der Waals surface area (Å²) in [6, 6.07) is 15.3. The summed E-state index contributed by atoms with van der Waals surface area (Å²) >= 11 is 0. The number of aliphatic carboxylic acids is 1. The summed E-state index contributed by atoms with van der Waals surface area (Å²) in [6.07, 6.45) is -0.0135. The van der Waals surface area contributed by atoms with Crippen molar-refractivity contribution in [1.29, 1.82) is 0 Å². The summed E-state index contributed by atoms with van der Waals surface area (Å²) in [6.45, 7) is 5.71. The molecule has 2 aliphatic rings. The summed E-state index contributed by atoms with van der Waals surface area (Å²) in [5.74, 6) is -1.70. The van der Waals surface area contributed by atoms with Gasteiger partial charge in [0.15, 0.2) is 5.60 Å². The van der Waals surface area contributed by atoms with Crippen molar-refractivity contribution in [3.05, 3.63) is 59.7 Å². The summed E-state index contributed by atoms with van der Waals surface area (Å²) in [7, 11) is 0. The first-order chi connectivity index (χ1) is 16.7. The number of rotatable bonds is 7. The molecular formula is C27H32N2O6. The molecule has 1 saturated heterocycles. The minimum Gasteiger partial charge on any atom is -0.479 e. The SMILES string of the molecule is CCC(C)[C@H](NC(=O)OCC1c2ccccc2-c2ccccc21)C(=O)N1CCOC(C)(C(=O)O)C1. The molecule has 0 radical (unpaired) electrons. The maximum Gasteiger partial charge on any atom is 0.407 e. The standard InChI is InChI=1S/C27H32N2O6/c1-4-17(2)23(24(30)29-13-14-35-27(3,16-29)25(31)32)28-26(33)34-15-22-20-11-7-5-9-18(20)19-10-6-8-12-21(19)22/h5-12,17,22-23H,4,13-16H2,1-3H3,(H,28,33)(H,31,32)/t17?,23-,27?/m0/s1. The Morgan fingerprint density at radius 3 is 2.31 bits per heavy atom. The number of nitrogens with zero attached hydrogens (tertiary/aromatic N) is 1. The predicted molar refractivity (Wildman–Crippen MR) is 130 cm³/mol. The zero-order valence-corrected chi connectivity index (χ0v) is 20.3. The van der Waals surface area contributed by atoms with E-state index in [1.165, 1.54) is 11.8 Å². The normalized spacial score (nSPS) is 20.9. The van der Waals surface area contributed by atoms with Crippen molar-refractivity contribution in [3.63, 3.8) is 0 Å². The molecule has 3 atom stereocenters. The lowest BCUT2D eigenvalue weighted by atomic mass is 9.96. The number of nitrogens with one attached hydrogen (secondary N) is 1. The third-order valence-electron chi connectivity index (χ3n) is 7.13. The highest BCUT2D eigenvalue weighted by Crippen LogP contribution is 2.44. The molecule has 0 aromatic heterocycles. The molecule has 4 rings (SSSR count). The van der Waals surface area contributed by atoms with Gasteiger partial charge < -0.3 is 24.8 Å². The van der Waals surface area contributed by atoms with E-state index in [0.29, 0.717) is 6.42 Å². The van der Waals surface area contributed by atoms with Gasteiger partial charge in [-0.05, 0) is 35.1 Å². The Hall–Kier alpha value is -3.39. The van der Waals surface area contributed by atoms with E-state index in [9.17, 15) is 19.5 Å². The summed E-state index contributed by atoms with van der Waals surface area (Å²) in [5, 5.41) is 12.2. The predicted octanol–water partition coefficient (Wildman–Crippen LogP) is 3.64. The minimum atomic E-state index is -1.47. The van der Waals surface area contributed by atoms with E-state index in [-0.39, 0.29) is 44.0 Å². The number of carbonyl (C=O) groups excluding carboxylic acids is 2. The Kier molecular flexibility index (Phi) is 7.12. The highest BCUT2D eigenvalue weighted by Gasteiger charge is 2.43. The van der Waals surface area contributed by atoms with Crippen molar-refractivity contribution in [3.8, 4) is 11.1 Å². The van der Waals surface area contributed by atoms with Gasteiger partial charge in [-0.25, -0.2) is 9.59 Å². The lowest BCUT2D eigenvalue weighted by Gasteiger charge is -2.39. The molecule has 0 bridgehead atoms. The second-order valence-electron chi connectivity index (χ2n) is 9.48. The van der Waals surface area contributed by atoms with Crippen LogP contribution >= 0.6 is 0 Å². The van der Waals surface area contributed by atoms with Crippen LogP contribution in [0.5, 0.6) is 0 Å². The molecule has 0 spiro atoms. The molecule has 186 valence electrons. The number of carboxylic acids is 1. The van der Waals surface area contributed by atoms with Crippen LogP contribution in [0.2, 0.25) is 0 Å². The van der Waals surface area contributed by atoms with Gasteiger partial charge in [0.2, 0.25) is 5.91 Å².